The molecule has 0 aromatic carbocycles. The highest BCUT2D eigenvalue weighted by Gasteiger charge is 2.48. The van der Waals surface area contributed by atoms with E-state index in [0.717, 1.165) is 38.0 Å². The van der Waals surface area contributed by atoms with Crippen molar-refractivity contribution in [1.29, 1.82) is 0 Å². The fourth-order valence-corrected chi connectivity index (χ4v) is 3.09. The molecule has 2 unspecified atom stereocenters. The van der Waals surface area contributed by atoms with Gasteiger partial charge in [-0.25, -0.2) is 0 Å². The quantitative estimate of drug-likeness (QED) is 0.730. The van der Waals surface area contributed by atoms with Crippen LogP contribution in [0.25, 0.3) is 0 Å². The minimum atomic E-state index is 0.431. The van der Waals surface area contributed by atoms with Gasteiger partial charge in [0, 0.05) is 19.0 Å². The van der Waals surface area contributed by atoms with Crippen LogP contribution in [0.3, 0.4) is 0 Å². The normalized spacial score (nSPS) is 36.5. The average molecular weight is 208 g/mol. The molecule has 2 heterocycles. The van der Waals surface area contributed by atoms with E-state index in [1.165, 1.54) is 25.7 Å². The Hall–Kier alpha value is -0.570. The molecule has 0 aromatic heterocycles. The minimum absolute atomic E-state index is 0.431. The molecule has 3 heteroatoms. The van der Waals surface area contributed by atoms with Crippen LogP contribution in [-0.2, 0) is 4.79 Å². The number of rotatable bonds is 2. The van der Waals surface area contributed by atoms with Crippen molar-refractivity contribution in [2.75, 3.05) is 26.2 Å². The average Bonchev–Trinajstić information content (AvgIpc) is 3.04. The fraction of sp³-hybridized carbons (Fsp3) is 0.917. The van der Waals surface area contributed by atoms with Gasteiger partial charge in [-0.15, -0.1) is 0 Å². The second-order valence-electron chi connectivity index (χ2n) is 5.37. The molecule has 0 radical (unpaired) electrons. The zero-order valence-corrected chi connectivity index (χ0v) is 9.24. The number of hydrogen-bond acceptors (Lipinski definition) is 2. The van der Waals surface area contributed by atoms with E-state index in [1.807, 2.05) is 0 Å². The van der Waals surface area contributed by atoms with Gasteiger partial charge < -0.3 is 10.2 Å². The number of likely N-dealkylation sites (tertiary alicyclic amines) is 1. The highest BCUT2D eigenvalue weighted by molar-refractivity contribution is 5.82. The van der Waals surface area contributed by atoms with Gasteiger partial charge in [0.2, 0.25) is 5.91 Å². The summed E-state index contributed by atoms with van der Waals surface area (Å²) >= 11 is 0. The zero-order chi connectivity index (χ0) is 10.3. The Morgan fingerprint density at radius 2 is 2.07 bits per heavy atom. The van der Waals surface area contributed by atoms with Crippen LogP contribution in [0.15, 0.2) is 0 Å². The molecule has 3 aliphatic rings. The molecule has 3 nitrogen and oxygen atoms in total. The summed E-state index contributed by atoms with van der Waals surface area (Å²) in [4.78, 5) is 14.1. The maximum absolute atomic E-state index is 12.0. The van der Waals surface area contributed by atoms with Gasteiger partial charge in [0.1, 0.15) is 0 Å². The highest BCUT2D eigenvalue weighted by Crippen LogP contribution is 2.45. The minimum Gasteiger partial charge on any atom is -0.342 e. The maximum atomic E-state index is 12.0. The van der Waals surface area contributed by atoms with Gasteiger partial charge in [-0.05, 0) is 50.6 Å². The summed E-state index contributed by atoms with van der Waals surface area (Å²) in [6.45, 7) is 4.34. The van der Waals surface area contributed by atoms with Crippen molar-refractivity contribution in [3.63, 3.8) is 0 Å². The summed E-state index contributed by atoms with van der Waals surface area (Å²) in [5, 5.41) is 3.38. The van der Waals surface area contributed by atoms with E-state index in [1.54, 1.807) is 0 Å². The van der Waals surface area contributed by atoms with Crippen LogP contribution >= 0.6 is 0 Å². The van der Waals surface area contributed by atoms with Gasteiger partial charge in [-0.3, -0.25) is 4.79 Å². The van der Waals surface area contributed by atoms with Crippen molar-refractivity contribution in [1.82, 2.24) is 10.2 Å². The predicted molar refractivity (Wildman–Crippen MR) is 58.4 cm³/mol. The van der Waals surface area contributed by atoms with Crippen LogP contribution in [0, 0.1) is 17.8 Å². The molecule has 1 N–H and O–H groups in total. The smallest absolute Gasteiger partial charge is 0.225 e. The topological polar surface area (TPSA) is 32.3 Å². The summed E-state index contributed by atoms with van der Waals surface area (Å²) in [6, 6.07) is 0. The first-order valence-corrected chi connectivity index (χ1v) is 6.34. The van der Waals surface area contributed by atoms with Crippen LogP contribution in [0.1, 0.15) is 25.7 Å². The lowest BCUT2D eigenvalue weighted by atomic mass is 9.96. The molecule has 0 spiro atoms. The Bertz CT molecular complexity index is 260. The maximum Gasteiger partial charge on any atom is 0.225 e. The Morgan fingerprint density at radius 3 is 2.87 bits per heavy atom. The van der Waals surface area contributed by atoms with Crippen LogP contribution < -0.4 is 5.32 Å². The summed E-state index contributed by atoms with van der Waals surface area (Å²) in [5.74, 6) is 2.41. The molecular weight excluding hydrogens is 188 g/mol. The number of carbonyl (C=O) groups excluding carboxylic acids is 1. The first-order chi connectivity index (χ1) is 7.34. The number of hydrogen-bond donors (Lipinski definition) is 1. The van der Waals surface area contributed by atoms with Crippen molar-refractivity contribution in [2.24, 2.45) is 17.8 Å². The van der Waals surface area contributed by atoms with E-state index in [0.29, 0.717) is 11.8 Å². The molecule has 84 valence electrons. The fourth-order valence-electron chi connectivity index (χ4n) is 3.09. The standard InChI is InChI=1S/C12H20N2O/c15-12-11-7-10(11)3-6-14(12)8-9-1-4-13-5-2-9/h9-11,13H,1-8H2. The SMILES string of the molecule is O=C1C2CC2CCN1CC1CCNCC1. The monoisotopic (exact) mass is 208 g/mol. The van der Waals surface area contributed by atoms with E-state index < -0.39 is 0 Å². The van der Waals surface area contributed by atoms with Gasteiger partial charge in [-0.1, -0.05) is 0 Å². The third kappa shape index (κ3) is 1.89. The largest absolute Gasteiger partial charge is 0.342 e. The zero-order valence-electron chi connectivity index (χ0n) is 9.24. The predicted octanol–water partition coefficient (Wildman–Crippen LogP) is 0.854. The first-order valence-electron chi connectivity index (χ1n) is 6.34. The van der Waals surface area contributed by atoms with Gasteiger partial charge >= 0.3 is 0 Å². The summed E-state index contributed by atoms with van der Waals surface area (Å²) in [5.41, 5.74) is 0. The molecule has 1 amide bonds. The van der Waals surface area contributed by atoms with E-state index in [-0.39, 0.29) is 0 Å². The highest BCUT2D eigenvalue weighted by atomic mass is 16.2. The van der Waals surface area contributed by atoms with E-state index in [9.17, 15) is 4.79 Å². The Balaban J connectivity index is 1.55. The summed E-state index contributed by atoms with van der Waals surface area (Å²) in [6.07, 6.45) is 4.94. The van der Waals surface area contributed by atoms with E-state index >= 15 is 0 Å². The first kappa shape index (κ1) is 9.64. The lowest BCUT2D eigenvalue weighted by Gasteiger charge is -2.32. The van der Waals surface area contributed by atoms with Gasteiger partial charge in [-0.2, -0.15) is 0 Å². The molecule has 3 fully saturated rings. The molecule has 0 bridgehead atoms. The summed E-state index contributed by atoms with van der Waals surface area (Å²) in [7, 11) is 0. The molecular formula is C12H20N2O. The van der Waals surface area contributed by atoms with E-state index in [4.69, 9.17) is 0 Å². The van der Waals surface area contributed by atoms with Crippen molar-refractivity contribution >= 4 is 5.91 Å². The Labute approximate surface area is 91.2 Å². The molecule has 15 heavy (non-hydrogen) atoms. The van der Waals surface area contributed by atoms with Crippen molar-refractivity contribution in [2.45, 2.75) is 25.7 Å². The molecule has 2 aliphatic heterocycles. The van der Waals surface area contributed by atoms with Crippen molar-refractivity contribution in [3.05, 3.63) is 0 Å². The van der Waals surface area contributed by atoms with Crippen molar-refractivity contribution in [3.8, 4) is 0 Å². The number of carbonyl (C=O) groups is 1. The van der Waals surface area contributed by atoms with Gasteiger partial charge in [0.25, 0.3) is 0 Å². The lowest BCUT2D eigenvalue weighted by Crippen LogP contribution is -2.42. The van der Waals surface area contributed by atoms with Crippen LogP contribution in [0.4, 0.5) is 0 Å². The molecule has 1 aliphatic carbocycles. The van der Waals surface area contributed by atoms with Crippen LogP contribution in [0.2, 0.25) is 0 Å². The molecule has 2 atom stereocenters. The van der Waals surface area contributed by atoms with E-state index in [2.05, 4.69) is 10.2 Å². The molecule has 3 rings (SSSR count). The number of nitrogens with one attached hydrogen (secondary N) is 1. The Kier molecular flexibility index (Phi) is 2.43. The van der Waals surface area contributed by atoms with Crippen LogP contribution in [0.5, 0.6) is 0 Å². The Morgan fingerprint density at radius 1 is 1.27 bits per heavy atom. The molecule has 2 saturated heterocycles. The number of nitrogens with zero attached hydrogens (tertiary/aromatic N) is 1. The van der Waals surface area contributed by atoms with Gasteiger partial charge in [0.15, 0.2) is 0 Å². The van der Waals surface area contributed by atoms with Gasteiger partial charge in [0.05, 0.1) is 0 Å². The number of piperidine rings is 2. The van der Waals surface area contributed by atoms with Crippen molar-refractivity contribution < 1.29 is 4.79 Å². The van der Waals surface area contributed by atoms with Crippen LogP contribution in [-0.4, -0.2) is 37.0 Å². The third-order valence-corrected chi connectivity index (χ3v) is 4.26. The molecule has 1 saturated carbocycles. The molecule has 0 aromatic rings. The third-order valence-electron chi connectivity index (χ3n) is 4.26. The second-order valence-corrected chi connectivity index (χ2v) is 5.37. The second kappa shape index (κ2) is 3.78. The number of amides is 1. The number of fused-ring (bicyclic) bond motifs is 1. The lowest BCUT2D eigenvalue weighted by molar-refractivity contribution is -0.135. The summed E-state index contributed by atoms with van der Waals surface area (Å²) < 4.78 is 0.